The molecular weight excluding hydrogens is 272 g/mol. The number of Topliss-reactive ketones (excluding diaryl/α,β-unsaturated/α-hetero) is 1. The predicted octanol–water partition coefficient (Wildman–Crippen LogP) is 4.81. The molecule has 1 atom stereocenters. The maximum atomic E-state index is 13.7. The van der Waals surface area contributed by atoms with Crippen LogP contribution in [0.5, 0.6) is 0 Å². The van der Waals surface area contributed by atoms with Gasteiger partial charge in [-0.2, -0.15) is 0 Å². The van der Waals surface area contributed by atoms with E-state index in [4.69, 9.17) is 0 Å². The highest BCUT2D eigenvalue weighted by atomic mass is 19.2. The van der Waals surface area contributed by atoms with Gasteiger partial charge in [0.05, 0.1) is 5.56 Å². The maximum Gasteiger partial charge on any atom is 0.173 e. The highest BCUT2D eigenvalue weighted by Crippen LogP contribution is 2.31. The molecule has 1 aromatic carbocycles. The van der Waals surface area contributed by atoms with Crippen LogP contribution < -0.4 is 0 Å². The van der Waals surface area contributed by atoms with Crippen LogP contribution in [-0.2, 0) is 0 Å². The van der Waals surface area contributed by atoms with E-state index in [1.807, 2.05) is 20.8 Å². The Kier molecular flexibility index (Phi) is 4.62. The second-order valence-corrected chi connectivity index (χ2v) is 6.15. The molecule has 20 heavy (non-hydrogen) atoms. The van der Waals surface area contributed by atoms with Crippen LogP contribution in [0.2, 0.25) is 0 Å². The minimum atomic E-state index is -1.62. The first-order chi connectivity index (χ1) is 8.98. The quantitative estimate of drug-likeness (QED) is 0.443. The number of carbonyl (C=O) groups is 1. The normalized spacial score (nSPS) is 13.4. The number of hydrogen-bond donors (Lipinski definition) is 0. The number of ketones is 1. The first-order valence-electron chi connectivity index (χ1n) is 6.34. The van der Waals surface area contributed by atoms with Gasteiger partial charge in [0.25, 0.3) is 0 Å². The lowest BCUT2D eigenvalue weighted by molar-refractivity contribution is 0.0916. The monoisotopic (exact) mass is 290 g/mol. The van der Waals surface area contributed by atoms with E-state index in [0.717, 1.165) is 6.92 Å². The molecule has 0 aliphatic carbocycles. The van der Waals surface area contributed by atoms with Crippen LogP contribution in [0.4, 0.5) is 17.6 Å². The molecule has 0 N–H and O–H groups in total. The second-order valence-electron chi connectivity index (χ2n) is 6.15. The molecule has 0 fully saturated rings. The summed E-state index contributed by atoms with van der Waals surface area (Å²) in [6.45, 7) is 8.27. The summed E-state index contributed by atoms with van der Waals surface area (Å²) in [5, 5.41) is 0. The van der Waals surface area contributed by atoms with Gasteiger partial charge in [-0.15, -0.1) is 0 Å². The number of halogens is 4. The van der Waals surface area contributed by atoms with Crippen LogP contribution in [0.3, 0.4) is 0 Å². The molecule has 0 aliphatic rings. The average molecular weight is 290 g/mol. The molecular formula is C15H18F4O. The van der Waals surface area contributed by atoms with Crippen LogP contribution in [0.1, 0.15) is 50.0 Å². The number of carbonyl (C=O) groups excluding carboxylic acids is 1. The van der Waals surface area contributed by atoms with Crippen molar-refractivity contribution in [3.05, 3.63) is 34.4 Å². The van der Waals surface area contributed by atoms with Crippen molar-refractivity contribution in [3.8, 4) is 0 Å². The Balaban J connectivity index is 3.25. The molecule has 0 spiro atoms. The maximum absolute atomic E-state index is 13.7. The lowest BCUT2D eigenvalue weighted by Gasteiger charge is -2.26. The molecule has 0 aromatic heterocycles. The second kappa shape index (κ2) is 5.54. The van der Waals surface area contributed by atoms with Gasteiger partial charge in [0.15, 0.2) is 29.1 Å². The van der Waals surface area contributed by atoms with Crippen LogP contribution >= 0.6 is 0 Å². The molecule has 0 aliphatic heterocycles. The van der Waals surface area contributed by atoms with Crippen LogP contribution in [0.15, 0.2) is 0 Å². The molecule has 1 rings (SSSR count). The van der Waals surface area contributed by atoms with E-state index in [9.17, 15) is 22.4 Å². The standard InChI is InChI=1S/C15H18F4O/c1-7(15(3,4)5)6-9(20)10-13(18)11(16)8(2)12(17)14(10)19/h7H,6H2,1-5H3/t7-/m0/s1. The van der Waals surface area contributed by atoms with Gasteiger partial charge >= 0.3 is 0 Å². The Bertz CT molecular complexity index is 515. The smallest absolute Gasteiger partial charge is 0.173 e. The van der Waals surface area contributed by atoms with Crippen molar-refractivity contribution >= 4 is 5.78 Å². The van der Waals surface area contributed by atoms with E-state index in [-0.39, 0.29) is 17.8 Å². The molecule has 0 saturated heterocycles. The summed E-state index contributed by atoms with van der Waals surface area (Å²) in [6, 6.07) is 0. The Labute approximate surface area is 116 Å². The Hall–Kier alpha value is -1.39. The minimum absolute atomic E-state index is 0.181. The largest absolute Gasteiger partial charge is 0.294 e. The van der Waals surface area contributed by atoms with E-state index in [2.05, 4.69) is 0 Å². The van der Waals surface area contributed by atoms with Gasteiger partial charge in [-0.05, 0) is 18.3 Å². The van der Waals surface area contributed by atoms with Crippen molar-refractivity contribution in [3.63, 3.8) is 0 Å². The fourth-order valence-corrected chi connectivity index (χ4v) is 1.67. The van der Waals surface area contributed by atoms with E-state index >= 15 is 0 Å². The predicted molar refractivity (Wildman–Crippen MR) is 68.6 cm³/mol. The van der Waals surface area contributed by atoms with Gasteiger partial charge in [-0.1, -0.05) is 27.7 Å². The molecule has 5 heteroatoms. The molecule has 0 saturated carbocycles. The molecule has 0 amide bonds. The fourth-order valence-electron chi connectivity index (χ4n) is 1.67. The highest BCUT2D eigenvalue weighted by Gasteiger charge is 2.30. The van der Waals surface area contributed by atoms with Gasteiger partial charge < -0.3 is 0 Å². The third kappa shape index (κ3) is 3.02. The summed E-state index contributed by atoms with van der Waals surface area (Å²) in [5.41, 5.74) is -2.15. The highest BCUT2D eigenvalue weighted by molar-refractivity contribution is 5.97. The molecule has 0 radical (unpaired) electrons. The Morgan fingerprint density at radius 2 is 1.40 bits per heavy atom. The van der Waals surface area contributed by atoms with Crippen LogP contribution in [-0.4, -0.2) is 5.78 Å². The summed E-state index contributed by atoms with van der Waals surface area (Å²) in [4.78, 5) is 11.9. The SMILES string of the molecule is Cc1c(F)c(F)c(C(=O)C[C@H](C)C(C)(C)C)c(F)c1F. The van der Waals surface area contributed by atoms with Crippen molar-refractivity contribution in [2.24, 2.45) is 11.3 Å². The zero-order valence-corrected chi connectivity index (χ0v) is 12.2. The van der Waals surface area contributed by atoms with Gasteiger partial charge in [-0.25, -0.2) is 17.6 Å². The van der Waals surface area contributed by atoms with Gasteiger partial charge in [0, 0.05) is 12.0 Å². The summed E-state index contributed by atoms with van der Waals surface area (Å²) in [5.74, 6) is -7.40. The Morgan fingerprint density at radius 1 is 1.00 bits per heavy atom. The van der Waals surface area contributed by atoms with Crippen molar-refractivity contribution in [2.45, 2.75) is 41.0 Å². The minimum Gasteiger partial charge on any atom is -0.294 e. The van der Waals surface area contributed by atoms with Crippen LogP contribution in [0, 0.1) is 41.5 Å². The molecule has 1 aromatic rings. The number of hydrogen-bond acceptors (Lipinski definition) is 1. The van der Waals surface area contributed by atoms with Gasteiger partial charge in [-0.3, -0.25) is 4.79 Å². The van der Waals surface area contributed by atoms with E-state index in [1.54, 1.807) is 6.92 Å². The lowest BCUT2D eigenvalue weighted by Crippen LogP contribution is -2.22. The molecule has 1 nitrogen and oxygen atoms in total. The van der Waals surface area contributed by atoms with Gasteiger partial charge in [0.2, 0.25) is 0 Å². The summed E-state index contributed by atoms with van der Waals surface area (Å²) in [6.07, 6.45) is -0.181. The number of benzene rings is 1. The first-order valence-corrected chi connectivity index (χ1v) is 6.34. The van der Waals surface area contributed by atoms with Crippen molar-refractivity contribution in [1.82, 2.24) is 0 Å². The zero-order chi connectivity index (χ0) is 15.8. The van der Waals surface area contributed by atoms with Crippen molar-refractivity contribution < 1.29 is 22.4 Å². The Morgan fingerprint density at radius 3 is 1.75 bits per heavy atom. The fraction of sp³-hybridized carbons (Fsp3) is 0.533. The first kappa shape index (κ1) is 16.7. The molecule has 0 bridgehead atoms. The lowest BCUT2D eigenvalue weighted by atomic mass is 9.78. The topological polar surface area (TPSA) is 17.1 Å². The van der Waals surface area contributed by atoms with E-state index in [1.165, 1.54) is 0 Å². The third-order valence-electron chi connectivity index (χ3n) is 3.73. The van der Waals surface area contributed by atoms with Crippen molar-refractivity contribution in [2.75, 3.05) is 0 Å². The zero-order valence-electron chi connectivity index (χ0n) is 12.2. The average Bonchev–Trinajstić information content (AvgIpc) is 2.33. The third-order valence-corrected chi connectivity index (χ3v) is 3.73. The van der Waals surface area contributed by atoms with Crippen molar-refractivity contribution in [1.29, 1.82) is 0 Å². The van der Waals surface area contributed by atoms with Gasteiger partial charge in [0.1, 0.15) is 0 Å². The summed E-state index contributed by atoms with van der Waals surface area (Å²) < 4.78 is 54.3. The molecule has 0 heterocycles. The number of rotatable bonds is 3. The summed E-state index contributed by atoms with van der Waals surface area (Å²) >= 11 is 0. The molecule has 0 unspecified atom stereocenters. The van der Waals surface area contributed by atoms with E-state index in [0.29, 0.717) is 0 Å². The molecule has 112 valence electrons. The van der Waals surface area contributed by atoms with E-state index < -0.39 is 40.2 Å². The van der Waals surface area contributed by atoms with Crippen LogP contribution in [0.25, 0.3) is 0 Å². The summed E-state index contributed by atoms with van der Waals surface area (Å²) in [7, 11) is 0.